The smallest absolute Gasteiger partial charge is 0.251 e. The third kappa shape index (κ3) is 3.00. The number of halogens is 1. The Balaban J connectivity index is 2.43. The topological polar surface area (TPSA) is 20.3 Å². The standard InChI is InChI=1S/C15H15BBrNO/c1-10(2)9-18-13(19)8-12(14(18)15(16)17)11-6-4-3-5-7-11/h3-8,10H,9H2,1-2H3. The van der Waals surface area contributed by atoms with Crippen molar-refractivity contribution >= 4 is 35.3 Å². The number of amides is 1. The summed E-state index contributed by atoms with van der Waals surface area (Å²) in [6.07, 6.45) is 1.65. The Bertz CT molecular complexity index is 545. The van der Waals surface area contributed by atoms with Crippen LogP contribution in [0.2, 0.25) is 0 Å². The number of rotatable bonds is 3. The highest BCUT2D eigenvalue weighted by molar-refractivity contribution is 9.12. The summed E-state index contributed by atoms with van der Waals surface area (Å²) in [5.74, 6) is 0.374. The van der Waals surface area contributed by atoms with E-state index < -0.39 is 0 Å². The van der Waals surface area contributed by atoms with Crippen molar-refractivity contribution in [1.82, 2.24) is 4.90 Å². The first-order valence-electron chi connectivity index (χ1n) is 6.25. The molecule has 1 aromatic carbocycles. The lowest BCUT2D eigenvalue weighted by atomic mass is 9.98. The maximum atomic E-state index is 12.1. The Hall–Kier alpha value is -1.29. The van der Waals surface area contributed by atoms with Gasteiger partial charge in [0.2, 0.25) is 0 Å². The molecule has 4 heteroatoms. The van der Waals surface area contributed by atoms with Gasteiger partial charge < -0.3 is 4.90 Å². The van der Waals surface area contributed by atoms with Crippen molar-refractivity contribution in [3.63, 3.8) is 0 Å². The van der Waals surface area contributed by atoms with E-state index in [0.717, 1.165) is 16.8 Å². The van der Waals surface area contributed by atoms with Gasteiger partial charge in [0.1, 0.15) is 7.85 Å². The molecule has 1 aliphatic rings. The summed E-state index contributed by atoms with van der Waals surface area (Å²) in [5.41, 5.74) is 2.64. The molecule has 19 heavy (non-hydrogen) atoms. The number of carbonyl (C=O) groups excluding carboxylic acids is 1. The van der Waals surface area contributed by atoms with Gasteiger partial charge in [-0.05, 0) is 15.9 Å². The summed E-state index contributed by atoms with van der Waals surface area (Å²) in [4.78, 5) is 13.9. The Kier molecular flexibility index (Phi) is 4.30. The van der Waals surface area contributed by atoms with Crippen LogP contribution in [0.25, 0.3) is 5.57 Å². The van der Waals surface area contributed by atoms with E-state index in [2.05, 4.69) is 29.8 Å². The molecule has 1 heterocycles. The van der Waals surface area contributed by atoms with E-state index in [9.17, 15) is 4.79 Å². The van der Waals surface area contributed by atoms with Gasteiger partial charge in [0.15, 0.2) is 0 Å². The normalized spacial score (nSPS) is 18.0. The van der Waals surface area contributed by atoms with Crippen LogP contribution in [0, 0.1) is 5.92 Å². The van der Waals surface area contributed by atoms with Gasteiger partial charge in [-0.25, -0.2) is 0 Å². The van der Waals surface area contributed by atoms with Crippen LogP contribution in [0.4, 0.5) is 0 Å². The molecule has 2 rings (SSSR count). The maximum absolute atomic E-state index is 12.1. The van der Waals surface area contributed by atoms with Gasteiger partial charge in [-0.1, -0.05) is 60.1 Å². The Morgan fingerprint density at radius 3 is 2.47 bits per heavy atom. The van der Waals surface area contributed by atoms with Gasteiger partial charge in [-0.3, -0.25) is 4.79 Å². The first kappa shape index (κ1) is 14.1. The van der Waals surface area contributed by atoms with Crippen LogP contribution in [-0.2, 0) is 4.79 Å². The molecule has 0 N–H and O–H groups in total. The number of benzene rings is 1. The SMILES string of the molecule is [B]C(Br)=C1C(c2ccccc2)=CC(=O)N1CC(C)C. The fraction of sp³-hybridized carbons (Fsp3) is 0.267. The van der Waals surface area contributed by atoms with Crippen LogP contribution < -0.4 is 0 Å². The third-order valence-corrected chi connectivity index (χ3v) is 3.29. The number of allylic oxidation sites excluding steroid dienone is 1. The van der Waals surface area contributed by atoms with E-state index in [4.69, 9.17) is 7.85 Å². The molecule has 0 bridgehead atoms. The predicted molar refractivity (Wildman–Crippen MR) is 82.7 cm³/mol. The second kappa shape index (κ2) is 5.78. The lowest BCUT2D eigenvalue weighted by molar-refractivity contribution is -0.123. The molecule has 1 aromatic rings. The fourth-order valence-electron chi connectivity index (χ4n) is 2.17. The summed E-state index contributed by atoms with van der Waals surface area (Å²) >= 11 is 3.32. The minimum Gasteiger partial charge on any atom is -0.308 e. The van der Waals surface area contributed by atoms with E-state index in [1.54, 1.807) is 11.0 Å². The van der Waals surface area contributed by atoms with Crippen LogP contribution in [0.3, 0.4) is 0 Å². The maximum Gasteiger partial charge on any atom is 0.251 e. The van der Waals surface area contributed by atoms with Crippen molar-refractivity contribution in [2.24, 2.45) is 5.92 Å². The molecule has 0 aromatic heterocycles. The van der Waals surface area contributed by atoms with Crippen LogP contribution in [0.1, 0.15) is 19.4 Å². The van der Waals surface area contributed by atoms with E-state index >= 15 is 0 Å². The Labute approximate surface area is 123 Å². The first-order valence-corrected chi connectivity index (χ1v) is 7.04. The molecule has 0 spiro atoms. The number of hydrogen-bond acceptors (Lipinski definition) is 1. The Morgan fingerprint density at radius 2 is 1.95 bits per heavy atom. The fourth-order valence-corrected chi connectivity index (χ4v) is 2.59. The minimum atomic E-state index is -0.00930. The second-order valence-corrected chi connectivity index (χ2v) is 5.82. The average molecular weight is 316 g/mol. The molecule has 1 aliphatic heterocycles. The molecule has 2 nitrogen and oxygen atoms in total. The first-order chi connectivity index (χ1) is 9.00. The predicted octanol–water partition coefficient (Wildman–Crippen LogP) is 3.30. The van der Waals surface area contributed by atoms with E-state index in [-0.39, 0.29) is 5.91 Å². The largest absolute Gasteiger partial charge is 0.308 e. The lowest BCUT2D eigenvalue weighted by Gasteiger charge is -2.23. The van der Waals surface area contributed by atoms with Gasteiger partial charge in [0.25, 0.3) is 5.91 Å². The van der Waals surface area contributed by atoms with E-state index in [1.807, 2.05) is 30.3 Å². The highest BCUT2D eigenvalue weighted by Gasteiger charge is 2.29. The second-order valence-electron chi connectivity index (χ2n) is 4.96. The molecule has 0 atom stereocenters. The lowest BCUT2D eigenvalue weighted by Crippen LogP contribution is -2.29. The molecular formula is C15H15BBrNO. The zero-order chi connectivity index (χ0) is 14.0. The molecule has 96 valence electrons. The van der Waals surface area contributed by atoms with Crippen molar-refractivity contribution in [3.05, 3.63) is 52.1 Å². The molecule has 1 amide bonds. The summed E-state index contributed by atoms with van der Waals surface area (Å²) < 4.78 is 0.495. The van der Waals surface area contributed by atoms with Crippen LogP contribution in [-0.4, -0.2) is 25.2 Å². The number of hydrogen-bond donors (Lipinski definition) is 0. The Morgan fingerprint density at radius 1 is 1.32 bits per heavy atom. The number of carbonyl (C=O) groups is 1. The molecule has 0 saturated heterocycles. The zero-order valence-electron chi connectivity index (χ0n) is 11.1. The van der Waals surface area contributed by atoms with Crippen molar-refractivity contribution in [1.29, 1.82) is 0 Å². The molecule has 0 saturated carbocycles. The average Bonchev–Trinajstić information content (AvgIpc) is 2.67. The number of nitrogens with zero attached hydrogens (tertiary/aromatic N) is 1. The summed E-state index contributed by atoms with van der Waals surface area (Å²) in [5, 5.41) is 0. The van der Waals surface area contributed by atoms with Crippen LogP contribution in [0.15, 0.2) is 46.5 Å². The summed E-state index contributed by atoms with van der Waals surface area (Å²) in [6, 6.07) is 9.82. The van der Waals surface area contributed by atoms with Crippen LogP contribution >= 0.6 is 15.9 Å². The molecule has 0 aliphatic carbocycles. The van der Waals surface area contributed by atoms with E-state index in [1.165, 1.54) is 0 Å². The summed E-state index contributed by atoms with van der Waals surface area (Å²) in [6.45, 7) is 4.82. The zero-order valence-corrected chi connectivity index (χ0v) is 12.6. The highest BCUT2D eigenvalue weighted by Crippen LogP contribution is 2.35. The molecule has 0 fully saturated rings. The van der Waals surface area contributed by atoms with Crippen LogP contribution in [0.5, 0.6) is 0 Å². The third-order valence-electron chi connectivity index (χ3n) is 2.92. The highest BCUT2D eigenvalue weighted by atomic mass is 79.9. The van der Waals surface area contributed by atoms with E-state index in [0.29, 0.717) is 16.8 Å². The van der Waals surface area contributed by atoms with Gasteiger partial charge in [-0.2, -0.15) is 0 Å². The van der Waals surface area contributed by atoms with Crippen molar-refractivity contribution in [2.45, 2.75) is 13.8 Å². The van der Waals surface area contributed by atoms with Gasteiger partial charge >= 0.3 is 0 Å². The monoisotopic (exact) mass is 315 g/mol. The van der Waals surface area contributed by atoms with Gasteiger partial charge in [0.05, 0.1) is 5.70 Å². The van der Waals surface area contributed by atoms with Crippen molar-refractivity contribution < 1.29 is 4.79 Å². The van der Waals surface area contributed by atoms with Crippen molar-refractivity contribution in [2.75, 3.05) is 6.54 Å². The molecule has 2 radical (unpaired) electrons. The molecular weight excluding hydrogens is 301 g/mol. The summed E-state index contributed by atoms with van der Waals surface area (Å²) in [7, 11) is 5.92. The van der Waals surface area contributed by atoms with Gasteiger partial charge in [-0.15, -0.1) is 0 Å². The van der Waals surface area contributed by atoms with Gasteiger partial charge in [0, 0.05) is 18.2 Å². The quantitative estimate of drug-likeness (QED) is 0.784. The van der Waals surface area contributed by atoms with Crippen molar-refractivity contribution in [3.8, 4) is 0 Å². The molecule has 0 unspecified atom stereocenters. The minimum absolute atomic E-state index is 0.00930.